The van der Waals surface area contributed by atoms with Gasteiger partial charge in [0.25, 0.3) is 0 Å². The van der Waals surface area contributed by atoms with E-state index in [4.69, 9.17) is 14.4 Å². The van der Waals surface area contributed by atoms with Crippen LogP contribution in [0.4, 0.5) is 0 Å². The lowest BCUT2D eigenvalue weighted by molar-refractivity contribution is 0.341. The summed E-state index contributed by atoms with van der Waals surface area (Å²) in [6.07, 6.45) is 0.0282. The molecule has 0 aliphatic carbocycles. The van der Waals surface area contributed by atoms with Crippen LogP contribution in [0.3, 0.4) is 0 Å². The summed E-state index contributed by atoms with van der Waals surface area (Å²) in [5.41, 5.74) is 8.54. The van der Waals surface area contributed by atoms with Gasteiger partial charge in [-0.25, -0.2) is 9.98 Å². The van der Waals surface area contributed by atoms with Crippen LogP contribution in [-0.4, -0.2) is 20.8 Å². The van der Waals surface area contributed by atoms with Crippen molar-refractivity contribution in [2.45, 2.75) is 12.3 Å². The largest absolute Gasteiger partial charge is 0.435 e. The number of fused-ring (bicyclic) bond motifs is 4. The highest BCUT2D eigenvalue weighted by atomic mass is 16.3. The molecule has 3 heterocycles. The molecule has 0 bridgehead atoms. The van der Waals surface area contributed by atoms with E-state index in [0.29, 0.717) is 5.89 Å². The molecule has 2 aliphatic heterocycles. The van der Waals surface area contributed by atoms with E-state index in [9.17, 15) is 0 Å². The van der Waals surface area contributed by atoms with Crippen LogP contribution in [0, 0.1) is 0 Å². The molecule has 5 heteroatoms. The second-order valence-electron chi connectivity index (χ2n) is 11.1. The summed E-state index contributed by atoms with van der Waals surface area (Å²) < 4.78 is 6.38. The van der Waals surface area contributed by atoms with Crippen LogP contribution < -0.4 is 0 Å². The zero-order chi connectivity index (χ0) is 28.3. The highest BCUT2D eigenvalue weighted by molar-refractivity contribution is 6.09. The first-order valence-electron chi connectivity index (χ1n) is 14.6. The van der Waals surface area contributed by atoms with Gasteiger partial charge in [-0.15, -0.1) is 0 Å². The first-order chi connectivity index (χ1) is 21.3. The highest BCUT2D eigenvalue weighted by Crippen LogP contribution is 2.54. The van der Waals surface area contributed by atoms with Gasteiger partial charge in [-0.2, -0.15) is 5.01 Å². The van der Waals surface area contributed by atoms with Crippen molar-refractivity contribution in [3.8, 4) is 22.6 Å². The van der Waals surface area contributed by atoms with Crippen molar-refractivity contribution in [3.05, 3.63) is 162 Å². The van der Waals surface area contributed by atoms with Crippen molar-refractivity contribution in [1.82, 2.24) is 15.0 Å². The quantitative estimate of drug-likeness (QED) is 0.199. The number of nitrogens with zero attached hydrogens (tertiary/aromatic N) is 4. The number of amidine groups is 1. The van der Waals surface area contributed by atoms with E-state index >= 15 is 0 Å². The van der Waals surface area contributed by atoms with Crippen molar-refractivity contribution in [2.75, 3.05) is 0 Å². The Kier molecular flexibility index (Phi) is 5.33. The Morgan fingerprint density at radius 3 is 1.93 bits per heavy atom. The molecule has 0 amide bonds. The maximum atomic E-state index is 6.38. The molecule has 9 rings (SSSR count). The Labute approximate surface area is 249 Å². The van der Waals surface area contributed by atoms with Gasteiger partial charge in [0.15, 0.2) is 5.58 Å². The fourth-order valence-corrected chi connectivity index (χ4v) is 6.28. The Morgan fingerprint density at radius 2 is 1.19 bits per heavy atom. The molecule has 0 N–H and O–H groups in total. The standard InChI is InChI=1S/C38H26N4O/c1-4-10-25(11-5-1)26-16-19-30(20-17-26)38-41-35(28-12-6-2-7-13-28)40-36(42(38)41)31-21-18-27-22-23-33-34(32(27)24-31)43-37(39-33)29-14-8-3-9-15-29/h1-24,35,38H. The zero-order valence-corrected chi connectivity index (χ0v) is 23.2. The summed E-state index contributed by atoms with van der Waals surface area (Å²) in [6, 6.07) is 50.7. The molecule has 2 aliphatic rings. The van der Waals surface area contributed by atoms with E-state index < -0.39 is 0 Å². The molecule has 5 nitrogen and oxygen atoms in total. The molecule has 6 aromatic carbocycles. The number of benzene rings is 6. The maximum Gasteiger partial charge on any atom is 0.227 e. The molecular formula is C38H26N4O. The average Bonchev–Trinajstić information content (AvgIpc) is 3.43. The maximum absolute atomic E-state index is 6.38. The van der Waals surface area contributed by atoms with Crippen molar-refractivity contribution < 1.29 is 4.42 Å². The number of rotatable bonds is 5. The van der Waals surface area contributed by atoms with Crippen LogP contribution >= 0.6 is 0 Å². The number of aromatic nitrogens is 1. The van der Waals surface area contributed by atoms with Crippen LogP contribution in [0.25, 0.3) is 44.5 Å². The van der Waals surface area contributed by atoms with Gasteiger partial charge >= 0.3 is 0 Å². The van der Waals surface area contributed by atoms with E-state index in [1.807, 2.05) is 36.4 Å². The van der Waals surface area contributed by atoms with Gasteiger partial charge in [-0.3, -0.25) is 5.01 Å². The van der Waals surface area contributed by atoms with Crippen LogP contribution in [0.15, 0.2) is 155 Å². The van der Waals surface area contributed by atoms with Crippen LogP contribution in [0.5, 0.6) is 0 Å². The van der Waals surface area contributed by atoms with Gasteiger partial charge in [0, 0.05) is 16.5 Å². The first kappa shape index (κ1) is 24.1. The third kappa shape index (κ3) is 3.97. The van der Waals surface area contributed by atoms with Gasteiger partial charge in [0.1, 0.15) is 23.7 Å². The number of hydrogen-bond acceptors (Lipinski definition) is 5. The summed E-state index contributed by atoms with van der Waals surface area (Å²) in [6.45, 7) is 0. The Balaban J connectivity index is 1.12. The Morgan fingerprint density at radius 1 is 0.558 bits per heavy atom. The highest BCUT2D eigenvalue weighted by Gasteiger charge is 2.57. The van der Waals surface area contributed by atoms with Crippen LogP contribution in [-0.2, 0) is 0 Å². The molecule has 0 spiro atoms. The lowest BCUT2D eigenvalue weighted by Crippen LogP contribution is -2.11. The molecule has 1 saturated heterocycles. The van der Waals surface area contributed by atoms with Gasteiger partial charge in [0.2, 0.25) is 5.89 Å². The van der Waals surface area contributed by atoms with Gasteiger partial charge in [0.05, 0.1) is 0 Å². The topological polar surface area (TPSA) is 44.4 Å². The lowest BCUT2D eigenvalue weighted by atomic mass is 10.0. The third-order valence-corrected chi connectivity index (χ3v) is 8.45. The third-order valence-electron chi connectivity index (χ3n) is 8.45. The second-order valence-corrected chi connectivity index (χ2v) is 11.1. The van der Waals surface area contributed by atoms with E-state index in [1.165, 1.54) is 22.3 Å². The SMILES string of the molecule is c1ccc(-c2ccc(C3N4C(c5ccc6ccc7nc(-c8ccccc8)oc7c6c5)=NC(c5ccccc5)N34)cc2)cc1. The number of hydrazine groups is 1. The number of oxazole rings is 1. The smallest absolute Gasteiger partial charge is 0.227 e. The first-order valence-corrected chi connectivity index (χ1v) is 14.6. The van der Waals surface area contributed by atoms with Gasteiger partial charge < -0.3 is 4.42 Å². The second kappa shape index (κ2) is 9.51. The lowest BCUT2D eigenvalue weighted by Gasteiger charge is -2.12. The predicted molar refractivity (Wildman–Crippen MR) is 171 cm³/mol. The zero-order valence-electron chi connectivity index (χ0n) is 23.2. The van der Waals surface area contributed by atoms with Crippen LogP contribution in [0.1, 0.15) is 29.0 Å². The molecule has 7 aromatic rings. The number of hydrogen-bond donors (Lipinski definition) is 0. The van der Waals surface area contributed by atoms with Gasteiger partial charge in [-0.05, 0) is 51.9 Å². The molecule has 1 aromatic heterocycles. The molecule has 0 radical (unpaired) electrons. The van der Waals surface area contributed by atoms with Crippen molar-refractivity contribution >= 4 is 27.7 Å². The summed E-state index contributed by atoms with van der Waals surface area (Å²) >= 11 is 0. The summed E-state index contributed by atoms with van der Waals surface area (Å²) in [4.78, 5) is 10.1. The van der Waals surface area contributed by atoms with Crippen molar-refractivity contribution in [1.29, 1.82) is 0 Å². The Hall–Kier alpha value is -5.52. The minimum atomic E-state index is -0.0866. The van der Waals surface area contributed by atoms with E-state index in [2.05, 4.69) is 119 Å². The Bertz CT molecular complexity index is 2140. The number of aliphatic imine (C=N–C) groups is 1. The van der Waals surface area contributed by atoms with Gasteiger partial charge in [-0.1, -0.05) is 121 Å². The fraction of sp³-hybridized carbons (Fsp3) is 0.0526. The monoisotopic (exact) mass is 554 g/mol. The molecular weight excluding hydrogens is 528 g/mol. The summed E-state index contributed by atoms with van der Waals surface area (Å²) in [5.74, 6) is 1.60. The normalized spacial score (nSPS) is 19.0. The minimum Gasteiger partial charge on any atom is -0.435 e. The fourth-order valence-electron chi connectivity index (χ4n) is 6.28. The summed E-state index contributed by atoms with van der Waals surface area (Å²) in [7, 11) is 0. The van der Waals surface area contributed by atoms with Crippen molar-refractivity contribution in [2.24, 2.45) is 4.99 Å². The molecule has 1 fully saturated rings. The molecule has 43 heavy (non-hydrogen) atoms. The van der Waals surface area contributed by atoms with E-state index in [1.54, 1.807) is 0 Å². The van der Waals surface area contributed by atoms with E-state index in [0.717, 1.165) is 38.8 Å². The summed E-state index contributed by atoms with van der Waals surface area (Å²) in [5, 5.41) is 6.84. The molecule has 204 valence electrons. The molecule has 3 atom stereocenters. The van der Waals surface area contributed by atoms with Crippen molar-refractivity contribution in [3.63, 3.8) is 0 Å². The molecule has 0 saturated carbocycles. The molecule has 3 unspecified atom stereocenters. The van der Waals surface area contributed by atoms with E-state index in [-0.39, 0.29) is 12.3 Å². The average molecular weight is 555 g/mol. The minimum absolute atomic E-state index is 0.0866. The predicted octanol–water partition coefficient (Wildman–Crippen LogP) is 9.01. The van der Waals surface area contributed by atoms with Crippen LogP contribution in [0.2, 0.25) is 0 Å².